The lowest BCUT2D eigenvalue weighted by Gasteiger charge is -2.01. The molecule has 0 amide bonds. The quantitative estimate of drug-likeness (QED) is 0.801. The Labute approximate surface area is 120 Å². The van der Waals surface area contributed by atoms with E-state index in [0.717, 1.165) is 17.7 Å². The number of hydrogen-bond donors (Lipinski definition) is 1. The molecule has 0 unspecified atom stereocenters. The number of anilines is 1. The second kappa shape index (κ2) is 5.36. The Morgan fingerprint density at radius 3 is 2.48 bits per heavy atom. The van der Waals surface area contributed by atoms with Gasteiger partial charge in [0, 0.05) is 11.8 Å². The molecule has 0 aliphatic carbocycles. The summed E-state index contributed by atoms with van der Waals surface area (Å²) in [5, 5.41) is 4.35. The number of rotatable bonds is 3. The van der Waals surface area contributed by atoms with Gasteiger partial charge in [-0.3, -0.25) is 4.68 Å². The number of nitrogens with zero attached hydrogens (tertiary/aromatic N) is 2. The fourth-order valence-electron chi connectivity index (χ4n) is 2.16. The summed E-state index contributed by atoms with van der Waals surface area (Å²) in [4.78, 5) is 0. The first kappa shape index (κ1) is 13.3. The van der Waals surface area contributed by atoms with Crippen LogP contribution in [0.5, 0.6) is 0 Å². The van der Waals surface area contributed by atoms with Gasteiger partial charge in [0.05, 0.1) is 12.2 Å². The van der Waals surface area contributed by atoms with Crippen LogP contribution in [0.1, 0.15) is 5.56 Å². The standard InChI is InChI=1S/C16H13F2N3/c17-13-7-6-12(8-14(13)18)16-15(19)10-21(20-16)9-11-4-2-1-3-5-11/h1-8,10H,9,19H2. The highest BCUT2D eigenvalue weighted by atomic mass is 19.2. The number of halogens is 2. The fraction of sp³-hybridized carbons (Fsp3) is 0.0625. The Bertz CT molecular complexity index is 766. The number of nitrogens with two attached hydrogens (primary N) is 1. The van der Waals surface area contributed by atoms with Crippen LogP contribution in [0.4, 0.5) is 14.5 Å². The van der Waals surface area contributed by atoms with E-state index in [2.05, 4.69) is 5.10 Å². The monoisotopic (exact) mass is 285 g/mol. The molecule has 0 aliphatic heterocycles. The van der Waals surface area contributed by atoms with Gasteiger partial charge >= 0.3 is 0 Å². The fourth-order valence-corrected chi connectivity index (χ4v) is 2.16. The van der Waals surface area contributed by atoms with Crippen molar-refractivity contribution in [3.63, 3.8) is 0 Å². The van der Waals surface area contributed by atoms with Gasteiger partial charge in [-0.2, -0.15) is 5.10 Å². The van der Waals surface area contributed by atoms with Crippen molar-refractivity contribution < 1.29 is 8.78 Å². The predicted octanol–water partition coefficient (Wildman–Crippen LogP) is 3.46. The molecule has 3 nitrogen and oxygen atoms in total. The van der Waals surface area contributed by atoms with Gasteiger partial charge in [-0.25, -0.2) is 8.78 Å². The summed E-state index contributed by atoms with van der Waals surface area (Å²) < 4.78 is 28.0. The van der Waals surface area contributed by atoms with Gasteiger partial charge in [-0.15, -0.1) is 0 Å². The Balaban J connectivity index is 1.92. The summed E-state index contributed by atoms with van der Waals surface area (Å²) in [7, 11) is 0. The third-order valence-corrected chi connectivity index (χ3v) is 3.17. The molecule has 0 aliphatic rings. The maximum Gasteiger partial charge on any atom is 0.159 e. The molecular weight excluding hydrogens is 272 g/mol. The van der Waals surface area contributed by atoms with Gasteiger partial charge in [-0.1, -0.05) is 30.3 Å². The third-order valence-electron chi connectivity index (χ3n) is 3.17. The molecule has 1 aromatic heterocycles. The maximum absolute atomic E-state index is 13.3. The highest BCUT2D eigenvalue weighted by Gasteiger charge is 2.11. The lowest BCUT2D eigenvalue weighted by Crippen LogP contribution is -2.00. The molecule has 1 heterocycles. The zero-order valence-electron chi connectivity index (χ0n) is 11.1. The van der Waals surface area contributed by atoms with Crippen LogP contribution in [-0.2, 0) is 6.54 Å². The van der Waals surface area contributed by atoms with Gasteiger partial charge in [0.2, 0.25) is 0 Å². The average Bonchev–Trinajstić information content (AvgIpc) is 2.84. The Morgan fingerprint density at radius 1 is 1.00 bits per heavy atom. The van der Waals surface area contributed by atoms with Crippen LogP contribution in [-0.4, -0.2) is 9.78 Å². The van der Waals surface area contributed by atoms with Gasteiger partial charge in [-0.05, 0) is 23.8 Å². The molecule has 0 fully saturated rings. The molecule has 21 heavy (non-hydrogen) atoms. The molecule has 2 N–H and O–H groups in total. The van der Waals surface area contributed by atoms with Crippen LogP contribution < -0.4 is 5.73 Å². The Morgan fingerprint density at radius 2 is 1.76 bits per heavy atom. The molecule has 0 bridgehead atoms. The number of hydrogen-bond acceptors (Lipinski definition) is 2. The van der Waals surface area contributed by atoms with Crippen molar-refractivity contribution in [2.45, 2.75) is 6.54 Å². The molecule has 0 saturated heterocycles. The van der Waals surface area contributed by atoms with Gasteiger partial charge in [0.25, 0.3) is 0 Å². The molecule has 0 atom stereocenters. The maximum atomic E-state index is 13.3. The van der Waals surface area contributed by atoms with Crippen LogP contribution in [0.3, 0.4) is 0 Å². The minimum atomic E-state index is -0.912. The highest BCUT2D eigenvalue weighted by Crippen LogP contribution is 2.25. The van der Waals surface area contributed by atoms with Gasteiger partial charge in [0.15, 0.2) is 11.6 Å². The van der Waals surface area contributed by atoms with Gasteiger partial charge < -0.3 is 5.73 Å². The summed E-state index contributed by atoms with van der Waals surface area (Å²) in [6.45, 7) is 0.564. The number of nitrogen functional groups attached to an aromatic ring is 1. The smallest absolute Gasteiger partial charge is 0.159 e. The van der Waals surface area contributed by atoms with Gasteiger partial charge in [0.1, 0.15) is 5.69 Å². The predicted molar refractivity (Wildman–Crippen MR) is 77.5 cm³/mol. The summed E-state index contributed by atoms with van der Waals surface area (Å²) in [6, 6.07) is 13.4. The average molecular weight is 285 g/mol. The molecule has 0 spiro atoms. The van der Waals surface area contributed by atoms with Crippen molar-refractivity contribution in [3.05, 3.63) is 71.9 Å². The second-order valence-corrected chi connectivity index (χ2v) is 4.75. The van der Waals surface area contributed by atoms with E-state index in [4.69, 9.17) is 5.73 Å². The SMILES string of the molecule is Nc1cn(Cc2ccccc2)nc1-c1ccc(F)c(F)c1. The summed E-state index contributed by atoms with van der Waals surface area (Å²) in [5.41, 5.74) is 8.33. The van der Waals surface area contributed by atoms with Crippen LogP contribution in [0.2, 0.25) is 0 Å². The van der Waals surface area contributed by atoms with Crippen molar-refractivity contribution in [2.75, 3.05) is 5.73 Å². The van der Waals surface area contributed by atoms with E-state index in [1.165, 1.54) is 6.07 Å². The van der Waals surface area contributed by atoms with E-state index >= 15 is 0 Å². The normalized spacial score (nSPS) is 10.8. The molecule has 2 aromatic carbocycles. The summed E-state index contributed by atoms with van der Waals surface area (Å²) in [5.74, 6) is -1.80. The first-order chi connectivity index (χ1) is 10.1. The lowest BCUT2D eigenvalue weighted by atomic mass is 10.1. The van der Waals surface area contributed by atoms with Crippen molar-refractivity contribution in [3.8, 4) is 11.3 Å². The van der Waals surface area contributed by atoms with E-state index in [1.54, 1.807) is 10.9 Å². The minimum Gasteiger partial charge on any atom is -0.396 e. The van der Waals surface area contributed by atoms with E-state index < -0.39 is 11.6 Å². The van der Waals surface area contributed by atoms with Crippen molar-refractivity contribution >= 4 is 5.69 Å². The van der Waals surface area contributed by atoms with E-state index in [1.807, 2.05) is 30.3 Å². The first-order valence-corrected chi connectivity index (χ1v) is 6.46. The Kier molecular flexibility index (Phi) is 3.39. The summed E-state index contributed by atoms with van der Waals surface area (Å²) in [6.07, 6.45) is 1.68. The van der Waals surface area contributed by atoms with E-state index in [9.17, 15) is 8.78 Å². The van der Waals surface area contributed by atoms with Crippen LogP contribution in [0.15, 0.2) is 54.7 Å². The molecule has 3 aromatic rings. The summed E-state index contributed by atoms with van der Waals surface area (Å²) >= 11 is 0. The largest absolute Gasteiger partial charge is 0.396 e. The molecular formula is C16H13F2N3. The minimum absolute atomic E-state index is 0.428. The van der Waals surface area contributed by atoms with E-state index in [-0.39, 0.29) is 0 Å². The second-order valence-electron chi connectivity index (χ2n) is 4.75. The first-order valence-electron chi connectivity index (χ1n) is 6.46. The van der Waals surface area contributed by atoms with Crippen LogP contribution >= 0.6 is 0 Å². The van der Waals surface area contributed by atoms with Crippen LogP contribution in [0, 0.1) is 11.6 Å². The topological polar surface area (TPSA) is 43.8 Å². The zero-order chi connectivity index (χ0) is 14.8. The lowest BCUT2D eigenvalue weighted by molar-refractivity contribution is 0.509. The van der Waals surface area contributed by atoms with Crippen LogP contribution in [0.25, 0.3) is 11.3 Å². The zero-order valence-corrected chi connectivity index (χ0v) is 11.1. The van der Waals surface area contributed by atoms with Crippen molar-refractivity contribution in [1.29, 1.82) is 0 Å². The molecule has 3 rings (SSSR count). The molecule has 106 valence electrons. The van der Waals surface area contributed by atoms with Crippen molar-refractivity contribution in [2.24, 2.45) is 0 Å². The third kappa shape index (κ3) is 2.76. The molecule has 0 saturated carbocycles. The highest BCUT2D eigenvalue weighted by molar-refractivity contribution is 5.71. The Hall–Kier alpha value is -2.69. The number of benzene rings is 2. The van der Waals surface area contributed by atoms with Crippen molar-refractivity contribution in [1.82, 2.24) is 9.78 Å². The molecule has 0 radical (unpaired) electrons. The molecule has 5 heteroatoms. The van der Waals surface area contributed by atoms with E-state index in [0.29, 0.717) is 23.5 Å². The number of aromatic nitrogens is 2.